The molecule has 0 unspecified atom stereocenters. The molecule has 1 aliphatic heterocycles. The molecule has 5 rings (SSSR count). The molecule has 3 fully saturated rings. The third kappa shape index (κ3) is 3.46. The Morgan fingerprint density at radius 2 is 1.85 bits per heavy atom. The first-order valence-electron chi connectivity index (χ1n) is 12.1. The number of nitrogens with one attached hydrogen (secondary N) is 2. The zero-order chi connectivity index (χ0) is 23.5. The predicted molar refractivity (Wildman–Crippen MR) is 122 cm³/mol. The molecular weight excluding hydrogens is 424 g/mol. The van der Waals surface area contributed by atoms with E-state index >= 15 is 0 Å². The van der Waals surface area contributed by atoms with E-state index in [-0.39, 0.29) is 40.5 Å². The molecule has 2 N–H and O–H groups in total. The highest BCUT2D eigenvalue weighted by atomic mass is 19.2. The molecule has 0 saturated heterocycles. The Morgan fingerprint density at radius 1 is 1.06 bits per heavy atom. The van der Waals surface area contributed by atoms with Gasteiger partial charge in [0.25, 0.3) is 0 Å². The van der Waals surface area contributed by atoms with Crippen molar-refractivity contribution in [2.24, 2.45) is 28.6 Å². The molecule has 3 amide bonds. The molecule has 1 aromatic carbocycles. The summed E-state index contributed by atoms with van der Waals surface area (Å²) >= 11 is 0. The van der Waals surface area contributed by atoms with Crippen molar-refractivity contribution in [2.45, 2.75) is 64.5 Å². The van der Waals surface area contributed by atoms with Crippen LogP contribution < -0.4 is 10.6 Å². The maximum absolute atomic E-state index is 13.5. The van der Waals surface area contributed by atoms with Gasteiger partial charge < -0.3 is 15.5 Å². The number of halogens is 2. The second kappa shape index (κ2) is 7.81. The average molecular weight is 458 g/mol. The van der Waals surface area contributed by atoms with Gasteiger partial charge in [0.15, 0.2) is 11.6 Å². The summed E-state index contributed by atoms with van der Waals surface area (Å²) < 4.78 is 26.7. The van der Waals surface area contributed by atoms with E-state index < -0.39 is 11.6 Å². The zero-order valence-electron chi connectivity index (χ0n) is 19.5. The first kappa shape index (κ1) is 22.4. The van der Waals surface area contributed by atoms with E-state index in [1.54, 1.807) is 6.08 Å². The topological polar surface area (TPSA) is 61.4 Å². The van der Waals surface area contributed by atoms with Gasteiger partial charge in [-0.1, -0.05) is 19.9 Å². The molecule has 4 aliphatic rings. The number of hydrogen-bond acceptors (Lipinski definition) is 2. The first-order valence-corrected chi connectivity index (χ1v) is 12.1. The summed E-state index contributed by atoms with van der Waals surface area (Å²) in [7, 11) is 1.93. The van der Waals surface area contributed by atoms with Crippen LogP contribution in [0.15, 0.2) is 30.4 Å². The number of nitrogens with zero attached hydrogens (tertiary/aromatic N) is 1. The highest BCUT2D eigenvalue weighted by molar-refractivity contribution is 5.89. The van der Waals surface area contributed by atoms with Crippen LogP contribution in [0, 0.1) is 40.2 Å². The van der Waals surface area contributed by atoms with Gasteiger partial charge in [0.05, 0.1) is 0 Å². The summed E-state index contributed by atoms with van der Waals surface area (Å²) in [5.74, 6) is -0.163. The fourth-order valence-corrected chi connectivity index (χ4v) is 7.87. The number of carbonyl (C=O) groups excluding carboxylic acids is 2. The standard InChI is InChI=1S/C26H33F2N3O2/c1-25-12-10-18-16(5-9-22-26(18,2)13-11-23(32)31(22)3)17(25)6-8-21(25)30-24(33)29-15-4-7-19(27)20(28)14-15/h4,7,11,13-14,16-18,21-22H,5-6,8-10,12H2,1-3H3,(H2,29,30,33)/t16-,17-,18-,21-,22+,25-,26+/m0/s1. The number of benzene rings is 1. The van der Waals surface area contributed by atoms with Gasteiger partial charge in [0.2, 0.25) is 5.91 Å². The Kier molecular flexibility index (Phi) is 5.29. The number of amides is 3. The minimum atomic E-state index is -0.979. The van der Waals surface area contributed by atoms with Crippen molar-refractivity contribution in [3.05, 3.63) is 42.0 Å². The highest BCUT2D eigenvalue weighted by Crippen LogP contribution is 2.63. The second-order valence-corrected chi connectivity index (χ2v) is 11.0. The molecular formula is C26H33F2N3O2. The lowest BCUT2D eigenvalue weighted by Gasteiger charge is -2.60. The van der Waals surface area contributed by atoms with Crippen LogP contribution in [0.1, 0.15) is 52.4 Å². The van der Waals surface area contributed by atoms with Crippen molar-refractivity contribution in [2.75, 3.05) is 12.4 Å². The number of rotatable bonds is 2. The minimum absolute atomic E-state index is 0.00243. The Hall–Kier alpha value is -2.44. The monoisotopic (exact) mass is 457 g/mol. The number of anilines is 1. The van der Waals surface area contributed by atoms with Crippen LogP contribution in [-0.4, -0.2) is 36.0 Å². The van der Waals surface area contributed by atoms with Gasteiger partial charge in [-0.2, -0.15) is 0 Å². The Bertz CT molecular complexity index is 1010. The summed E-state index contributed by atoms with van der Waals surface area (Å²) in [5, 5.41) is 5.80. The molecule has 0 spiro atoms. The third-order valence-corrected chi connectivity index (χ3v) is 9.61. The minimum Gasteiger partial charge on any atom is -0.338 e. The lowest BCUT2D eigenvalue weighted by atomic mass is 9.48. The van der Waals surface area contributed by atoms with E-state index in [9.17, 15) is 18.4 Å². The second-order valence-electron chi connectivity index (χ2n) is 11.0. The number of carbonyl (C=O) groups is 2. The van der Waals surface area contributed by atoms with Gasteiger partial charge in [0, 0.05) is 36.3 Å². The lowest BCUT2D eigenvalue weighted by molar-refractivity contribution is -0.138. The van der Waals surface area contributed by atoms with Crippen molar-refractivity contribution in [1.29, 1.82) is 0 Å². The smallest absolute Gasteiger partial charge is 0.319 e. The molecule has 7 heteroatoms. The fourth-order valence-electron chi connectivity index (χ4n) is 7.87. The summed E-state index contributed by atoms with van der Waals surface area (Å²) in [5.41, 5.74) is 0.252. The van der Waals surface area contributed by atoms with Crippen LogP contribution >= 0.6 is 0 Å². The molecule has 5 nitrogen and oxygen atoms in total. The molecule has 1 heterocycles. The van der Waals surface area contributed by atoms with Crippen LogP contribution in [-0.2, 0) is 4.79 Å². The Balaban J connectivity index is 1.30. The highest BCUT2D eigenvalue weighted by Gasteiger charge is 2.60. The maximum atomic E-state index is 13.5. The van der Waals surface area contributed by atoms with Crippen LogP contribution in [0.3, 0.4) is 0 Å². The van der Waals surface area contributed by atoms with Crippen LogP contribution in [0.25, 0.3) is 0 Å². The Morgan fingerprint density at radius 3 is 2.61 bits per heavy atom. The van der Waals surface area contributed by atoms with Gasteiger partial charge in [-0.25, -0.2) is 13.6 Å². The number of urea groups is 1. The number of hydrogen-bond donors (Lipinski definition) is 2. The first-order chi connectivity index (χ1) is 15.6. The molecule has 0 aromatic heterocycles. The van der Waals surface area contributed by atoms with Gasteiger partial charge in [0.1, 0.15) is 0 Å². The molecule has 178 valence electrons. The van der Waals surface area contributed by atoms with Gasteiger partial charge in [-0.3, -0.25) is 4.79 Å². The average Bonchev–Trinajstić information content (AvgIpc) is 3.10. The maximum Gasteiger partial charge on any atom is 0.319 e. The molecule has 1 aromatic rings. The van der Waals surface area contributed by atoms with Crippen molar-refractivity contribution < 1.29 is 18.4 Å². The predicted octanol–water partition coefficient (Wildman–Crippen LogP) is 5.09. The molecule has 0 radical (unpaired) electrons. The van der Waals surface area contributed by atoms with Crippen molar-refractivity contribution in [3.8, 4) is 0 Å². The van der Waals surface area contributed by atoms with Crippen molar-refractivity contribution in [1.82, 2.24) is 10.2 Å². The summed E-state index contributed by atoms with van der Waals surface area (Å²) in [6, 6.07) is 3.31. The summed E-state index contributed by atoms with van der Waals surface area (Å²) in [6.07, 6.45) is 10.2. The Labute approximate surface area is 194 Å². The zero-order valence-corrected chi connectivity index (χ0v) is 19.5. The van der Waals surface area contributed by atoms with Crippen LogP contribution in [0.4, 0.5) is 19.3 Å². The van der Waals surface area contributed by atoms with Crippen molar-refractivity contribution >= 4 is 17.6 Å². The van der Waals surface area contributed by atoms with Gasteiger partial charge >= 0.3 is 6.03 Å². The molecule has 7 atom stereocenters. The molecule has 3 aliphatic carbocycles. The SMILES string of the molecule is CN1C(=O)C=C[C@]2(C)[C@H]3CC[C@]4(C)[C@@H](NC(=O)Nc5ccc(F)c(F)c5)CC[C@H]4[C@@H]3CC[C@@H]12. The summed E-state index contributed by atoms with van der Waals surface area (Å²) in [6.45, 7) is 4.64. The fraction of sp³-hybridized carbons (Fsp3) is 0.615. The van der Waals surface area contributed by atoms with E-state index in [0.29, 0.717) is 17.8 Å². The number of likely N-dealkylation sites (N-methyl/N-ethyl adjacent to an activating group) is 1. The number of fused-ring (bicyclic) bond motifs is 5. The van der Waals surface area contributed by atoms with Gasteiger partial charge in [-0.05, 0) is 79.9 Å². The normalized spacial score (nSPS) is 39.5. The van der Waals surface area contributed by atoms with E-state index in [4.69, 9.17) is 0 Å². The molecule has 33 heavy (non-hydrogen) atoms. The van der Waals surface area contributed by atoms with E-state index in [2.05, 4.69) is 30.6 Å². The largest absolute Gasteiger partial charge is 0.338 e. The lowest BCUT2D eigenvalue weighted by Crippen LogP contribution is -2.60. The van der Waals surface area contributed by atoms with Gasteiger partial charge in [-0.15, -0.1) is 0 Å². The molecule has 3 saturated carbocycles. The van der Waals surface area contributed by atoms with E-state index in [1.165, 1.54) is 6.07 Å². The van der Waals surface area contributed by atoms with Crippen LogP contribution in [0.5, 0.6) is 0 Å². The summed E-state index contributed by atoms with van der Waals surface area (Å²) in [4.78, 5) is 26.9. The van der Waals surface area contributed by atoms with Crippen molar-refractivity contribution in [3.63, 3.8) is 0 Å². The van der Waals surface area contributed by atoms with Crippen LogP contribution in [0.2, 0.25) is 0 Å². The molecule has 0 bridgehead atoms. The quantitative estimate of drug-likeness (QED) is 0.650. The van der Waals surface area contributed by atoms with E-state index in [1.807, 2.05) is 11.9 Å². The third-order valence-electron chi connectivity index (χ3n) is 9.61. The van der Waals surface area contributed by atoms with E-state index in [0.717, 1.165) is 50.7 Å².